The van der Waals surface area contributed by atoms with Gasteiger partial charge in [-0.1, -0.05) is 70.7 Å². The Morgan fingerprint density at radius 3 is 1.68 bits per heavy atom. The molecule has 0 unspecified atom stereocenters. The van der Waals surface area contributed by atoms with Gasteiger partial charge in [0.1, 0.15) is 5.30 Å². The summed E-state index contributed by atoms with van der Waals surface area (Å²) in [4.78, 5) is 44.4. The standard InChI is InChI=1S/C40H34N4O7P.CHCl3.Pt/c1-5-50-52(47,51-6-2)38-34-21-19-32(43-34)36(24-7-11-26(12-8-24)39(45)48-3)30-17-15-28(41-30)23-29-16-18-31(42-29)37(33-20-22-35(38)44-33)25-9-13-27(14-10-25)40(46)49-4;2-1(3)4;/h7-23H,5-6H2,1-4H3,(H-,41,42,45);1H;/q-1;;+2/p-1. The van der Waals surface area contributed by atoms with Crippen molar-refractivity contribution in [2.75, 3.05) is 27.4 Å². The minimum atomic E-state index is -3.98. The van der Waals surface area contributed by atoms with Crippen LogP contribution in [0.15, 0.2) is 103 Å². The maximum atomic E-state index is 14.7. The summed E-state index contributed by atoms with van der Waals surface area (Å²) in [7, 11) is -1.31. The average Bonchev–Trinajstić information content (AvgIpc) is 4.02. The van der Waals surface area contributed by atoms with Crippen LogP contribution in [0, 0.1) is 0 Å². The van der Waals surface area contributed by atoms with E-state index in [0.717, 1.165) is 11.1 Å². The fourth-order valence-corrected chi connectivity index (χ4v) is 7.99. The van der Waals surface area contributed by atoms with E-state index in [1.54, 1.807) is 50.2 Å². The first-order valence-corrected chi connectivity index (χ1v) is 20.1. The first-order chi connectivity index (χ1) is 27.0. The van der Waals surface area contributed by atoms with Crippen molar-refractivity contribution in [3.8, 4) is 22.3 Å². The normalized spacial score (nSPS) is 11.2. The molecule has 0 aliphatic heterocycles. The van der Waals surface area contributed by atoms with E-state index in [4.69, 9.17) is 73.3 Å². The fraction of sp³-hybridized carbons (Fsp3) is 0.171. The fourth-order valence-electron chi connectivity index (χ4n) is 6.17. The van der Waals surface area contributed by atoms with Gasteiger partial charge in [0, 0.05) is 41.4 Å². The van der Waals surface area contributed by atoms with Gasteiger partial charge in [0.25, 0.3) is 0 Å². The van der Waals surface area contributed by atoms with Crippen molar-refractivity contribution in [3.05, 3.63) is 114 Å². The minimum Gasteiger partial charge on any atom is -0.657 e. The van der Waals surface area contributed by atoms with Crippen LogP contribution in [0.4, 0.5) is 0 Å². The van der Waals surface area contributed by atoms with Crippen LogP contribution in [0.25, 0.3) is 66.4 Å². The molecular weight excluding hydrogens is 993 g/mol. The second-order valence-corrected chi connectivity index (χ2v) is 15.8. The molecule has 0 fully saturated rings. The number of methoxy groups -OCH3 is 2. The number of carbonyl (C=O) groups is 2. The van der Waals surface area contributed by atoms with Gasteiger partial charge in [0.2, 0.25) is 0 Å². The van der Waals surface area contributed by atoms with Crippen molar-refractivity contribution in [2.24, 2.45) is 0 Å². The predicted octanol–water partition coefficient (Wildman–Crippen LogP) is 9.60. The molecule has 0 spiro atoms. The molecule has 0 saturated carbocycles. The van der Waals surface area contributed by atoms with Crippen LogP contribution in [0.3, 0.4) is 0 Å². The Morgan fingerprint density at radius 1 is 0.632 bits per heavy atom. The number of fused-ring (bicyclic) bond motifs is 8. The number of ether oxygens (including phenoxy) is 2. The van der Waals surface area contributed by atoms with Crippen LogP contribution < -0.4 is 25.2 Å². The third-order valence-corrected chi connectivity index (χ3v) is 10.7. The minimum absolute atomic E-state index is 0. The monoisotopic (exact) mass is 1030 g/mol. The first kappa shape index (κ1) is 43.8. The number of rotatable bonds is 9. The third kappa shape index (κ3) is 9.87. The topological polar surface area (TPSA) is 145 Å². The molecule has 7 aromatic rings. The summed E-state index contributed by atoms with van der Waals surface area (Å²) in [5, 5.41) is 0.210. The number of esters is 2. The molecule has 7 rings (SSSR count). The maximum absolute atomic E-state index is 14.7. The Kier molecular flexibility index (Phi) is 14.9. The summed E-state index contributed by atoms with van der Waals surface area (Å²) in [5.74, 6) is -0.898. The zero-order valence-corrected chi connectivity index (χ0v) is 36.3. The summed E-state index contributed by atoms with van der Waals surface area (Å²) in [5.41, 5.74) is 8.10. The zero-order chi connectivity index (χ0) is 40.0. The van der Waals surface area contributed by atoms with Crippen LogP contribution in [0.1, 0.15) is 34.6 Å². The van der Waals surface area contributed by atoms with Crippen LogP contribution >= 0.6 is 42.4 Å². The number of hydrogen-bond donors (Lipinski definition) is 0. The third-order valence-electron chi connectivity index (χ3n) is 8.47. The van der Waals surface area contributed by atoms with Crippen molar-refractivity contribution in [3.63, 3.8) is 0 Å². The molecule has 2 aromatic carbocycles. The van der Waals surface area contributed by atoms with E-state index in [2.05, 4.69) is 0 Å². The molecule has 16 heteroatoms. The maximum Gasteiger partial charge on any atom is 2.00 e. The van der Waals surface area contributed by atoms with E-state index >= 15 is 0 Å². The Labute approximate surface area is 357 Å². The SMILES string of the molecule is CCOP(=O)(OCC)[c+]1c2ccc([n-]2)c(-c2ccc(C(=O)OC)cc2)c2ccc(cc3ccc([n-]3)[c+](-c3ccc(C(=O)OC)cc3)c3ccc1[n-]3)[n-]2.ClC(Cl)Cl.[Pt+2]. The Hall–Kier alpha value is -4.31. The molecule has 0 saturated heterocycles. The second kappa shape index (κ2) is 19.4. The van der Waals surface area contributed by atoms with Gasteiger partial charge >= 0.3 is 40.6 Å². The number of hydrogen-bond acceptors (Lipinski definition) is 7. The van der Waals surface area contributed by atoms with Gasteiger partial charge < -0.3 is 29.4 Å². The predicted molar refractivity (Wildman–Crippen MR) is 222 cm³/mol. The van der Waals surface area contributed by atoms with Crippen molar-refractivity contribution in [1.82, 2.24) is 19.9 Å². The van der Waals surface area contributed by atoms with Crippen molar-refractivity contribution >= 4 is 104 Å². The van der Waals surface area contributed by atoms with E-state index in [1.165, 1.54) is 14.2 Å². The van der Waals surface area contributed by atoms with Gasteiger partial charge in [-0.05, 0) is 78.5 Å². The van der Waals surface area contributed by atoms with E-state index in [9.17, 15) is 14.2 Å². The molecule has 8 bridgehead atoms. The number of alkyl halides is 3. The molecule has 5 heterocycles. The average molecular weight is 1030 g/mol. The van der Waals surface area contributed by atoms with Gasteiger partial charge in [-0.15, -0.1) is 22.1 Å². The molecule has 296 valence electrons. The van der Waals surface area contributed by atoms with Crippen LogP contribution in [-0.2, 0) is 44.2 Å². The molecule has 0 N–H and O–H groups in total. The quantitative estimate of drug-likeness (QED) is 0.0590. The summed E-state index contributed by atoms with van der Waals surface area (Å²) in [6.07, 6.45) is 0. The molecule has 0 aliphatic rings. The molecule has 0 amide bonds. The second-order valence-electron chi connectivity index (χ2n) is 11.9. The van der Waals surface area contributed by atoms with Gasteiger partial charge in [0.05, 0.1) is 44.1 Å². The van der Waals surface area contributed by atoms with E-state index < -0.39 is 23.8 Å². The Balaban J connectivity index is 0.00000119. The summed E-state index contributed by atoms with van der Waals surface area (Å²) in [6, 6.07) is 30.6. The van der Waals surface area contributed by atoms with E-state index in [0.29, 0.717) is 66.4 Å². The molecule has 57 heavy (non-hydrogen) atoms. The summed E-state index contributed by atoms with van der Waals surface area (Å²) < 4.78 is 35.5. The number of carbonyl (C=O) groups excluding carboxylic acids is 2. The molecule has 0 aliphatic carbocycles. The van der Waals surface area contributed by atoms with E-state index in [-0.39, 0.29) is 39.6 Å². The van der Waals surface area contributed by atoms with E-state index in [1.807, 2.05) is 66.7 Å². The number of halogens is 3. The molecule has 5 aromatic heterocycles. The van der Waals surface area contributed by atoms with Gasteiger partial charge in [-0.2, -0.15) is 0 Å². The largest absolute Gasteiger partial charge is 2.00 e. The Morgan fingerprint density at radius 2 is 1.09 bits per heavy atom. The molecule has 0 radical (unpaired) electrons. The van der Waals surface area contributed by atoms with Gasteiger partial charge in [-0.25, -0.2) is 14.2 Å². The number of aromatic nitrogens is 4. The number of benzene rings is 2. The van der Waals surface area contributed by atoms with Crippen LogP contribution in [0.5, 0.6) is 0 Å². The zero-order valence-electron chi connectivity index (χ0n) is 30.9. The molecular formula is C41H34Cl3N4O7PPt. The first-order valence-electron chi connectivity index (χ1n) is 17.2. The molecule has 0 atom stereocenters. The van der Waals surface area contributed by atoms with Crippen molar-refractivity contribution in [1.29, 1.82) is 0 Å². The van der Waals surface area contributed by atoms with Crippen molar-refractivity contribution < 1.29 is 53.7 Å². The van der Waals surface area contributed by atoms with Crippen LogP contribution in [0.2, 0.25) is 0 Å². The van der Waals surface area contributed by atoms with Crippen LogP contribution in [-0.4, -0.2) is 43.7 Å². The smallest absolute Gasteiger partial charge is 0.657 e. The van der Waals surface area contributed by atoms with Gasteiger partial charge in [-0.3, -0.25) is 9.05 Å². The van der Waals surface area contributed by atoms with Crippen molar-refractivity contribution in [2.45, 2.75) is 18.1 Å². The number of nitrogens with zero attached hydrogens (tertiary/aromatic N) is 4. The summed E-state index contributed by atoms with van der Waals surface area (Å²) in [6.45, 7) is 3.73. The molecule has 11 nitrogen and oxygen atoms in total. The Bertz CT molecular complexity index is 2500. The van der Waals surface area contributed by atoms with Gasteiger partial charge in [0.15, 0.2) is 4.30 Å². The summed E-state index contributed by atoms with van der Waals surface area (Å²) >= 11 is 14.4.